The number of imide groups is 1. The van der Waals surface area contributed by atoms with Gasteiger partial charge in [-0.1, -0.05) is 18.2 Å². The van der Waals surface area contributed by atoms with Gasteiger partial charge in [0.15, 0.2) is 0 Å². The summed E-state index contributed by atoms with van der Waals surface area (Å²) in [5, 5.41) is 9.27. The SMILES string of the molecule is COc1ccccc1CN1C(=O)NC(CC(=O)NC2CC(C)(C)NC(C)(C)C2)C1=O. The van der Waals surface area contributed by atoms with E-state index in [9.17, 15) is 14.4 Å². The Morgan fingerprint density at radius 3 is 2.43 bits per heavy atom. The number of amides is 4. The zero-order chi connectivity index (χ0) is 22.1. The van der Waals surface area contributed by atoms with Gasteiger partial charge in [0.2, 0.25) is 5.91 Å². The molecule has 4 amide bonds. The second-order valence-corrected chi connectivity index (χ2v) is 9.51. The summed E-state index contributed by atoms with van der Waals surface area (Å²) in [4.78, 5) is 38.9. The molecule has 164 valence electrons. The molecule has 2 fully saturated rings. The Labute approximate surface area is 177 Å². The number of piperidine rings is 1. The lowest BCUT2D eigenvalue weighted by Gasteiger charge is -2.46. The highest BCUT2D eigenvalue weighted by Crippen LogP contribution is 2.28. The first-order valence-electron chi connectivity index (χ1n) is 10.3. The first-order chi connectivity index (χ1) is 14.0. The molecule has 0 spiro atoms. The molecule has 1 aromatic carbocycles. The van der Waals surface area contributed by atoms with Crippen LogP contribution in [-0.2, 0) is 16.1 Å². The van der Waals surface area contributed by atoms with Crippen molar-refractivity contribution in [2.24, 2.45) is 0 Å². The Kier molecular flexibility index (Phi) is 6.08. The van der Waals surface area contributed by atoms with Crippen LogP contribution < -0.4 is 20.7 Å². The molecule has 1 unspecified atom stereocenters. The molecule has 2 heterocycles. The van der Waals surface area contributed by atoms with Crippen molar-refractivity contribution in [1.29, 1.82) is 0 Å². The molecule has 8 heteroatoms. The van der Waals surface area contributed by atoms with Gasteiger partial charge in [-0.05, 0) is 46.6 Å². The van der Waals surface area contributed by atoms with Gasteiger partial charge in [-0.25, -0.2) is 4.79 Å². The van der Waals surface area contributed by atoms with Crippen LogP contribution in [0.2, 0.25) is 0 Å². The molecule has 2 aliphatic rings. The number of para-hydroxylation sites is 1. The van der Waals surface area contributed by atoms with Crippen LogP contribution in [0.1, 0.15) is 52.5 Å². The third-order valence-corrected chi connectivity index (χ3v) is 5.57. The van der Waals surface area contributed by atoms with E-state index in [2.05, 4.69) is 43.6 Å². The van der Waals surface area contributed by atoms with E-state index < -0.39 is 18.0 Å². The monoisotopic (exact) mass is 416 g/mol. The molecule has 1 aromatic rings. The van der Waals surface area contributed by atoms with E-state index in [4.69, 9.17) is 4.74 Å². The topological polar surface area (TPSA) is 99.8 Å². The molecule has 2 saturated heterocycles. The van der Waals surface area contributed by atoms with E-state index in [1.54, 1.807) is 19.2 Å². The lowest BCUT2D eigenvalue weighted by molar-refractivity contribution is -0.131. The smallest absolute Gasteiger partial charge is 0.325 e. The standard InChI is InChI=1S/C22H32N4O4/c1-21(2)11-15(12-22(3,4)25-21)23-18(27)10-16-19(28)26(20(29)24-16)13-14-8-6-7-9-17(14)30-5/h6-9,15-16,25H,10-13H2,1-5H3,(H,23,27)(H,24,29). The van der Waals surface area contributed by atoms with Crippen LogP contribution in [0.4, 0.5) is 4.79 Å². The summed E-state index contributed by atoms with van der Waals surface area (Å²) in [6.07, 6.45) is 1.53. The number of carbonyl (C=O) groups is 3. The van der Waals surface area contributed by atoms with Crippen molar-refractivity contribution in [3.8, 4) is 5.75 Å². The molecule has 30 heavy (non-hydrogen) atoms. The van der Waals surface area contributed by atoms with Crippen molar-refractivity contribution in [2.45, 2.75) is 76.7 Å². The van der Waals surface area contributed by atoms with E-state index in [1.165, 1.54) is 0 Å². The molecule has 0 radical (unpaired) electrons. The highest BCUT2D eigenvalue weighted by atomic mass is 16.5. The maximum Gasteiger partial charge on any atom is 0.325 e. The number of benzene rings is 1. The molecule has 0 aliphatic carbocycles. The van der Waals surface area contributed by atoms with Crippen molar-refractivity contribution in [2.75, 3.05) is 7.11 Å². The average Bonchev–Trinajstić information content (AvgIpc) is 2.86. The van der Waals surface area contributed by atoms with Crippen LogP contribution in [0.3, 0.4) is 0 Å². The number of hydrogen-bond donors (Lipinski definition) is 3. The average molecular weight is 417 g/mol. The van der Waals surface area contributed by atoms with E-state index in [0.717, 1.165) is 23.3 Å². The zero-order valence-corrected chi connectivity index (χ0v) is 18.4. The molecule has 1 atom stereocenters. The van der Waals surface area contributed by atoms with Gasteiger partial charge in [0.1, 0.15) is 11.8 Å². The Balaban J connectivity index is 1.60. The summed E-state index contributed by atoms with van der Waals surface area (Å²) < 4.78 is 5.30. The number of ether oxygens (including phenoxy) is 1. The van der Waals surface area contributed by atoms with Crippen LogP contribution in [0, 0.1) is 0 Å². The number of hydrogen-bond acceptors (Lipinski definition) is 5. The number of rotatable bonds is 6. The van der Waals surface area contributed by atoms with Crippen LogP contribution >= 0.6 is 0 Å². The van der Waals surface area contributed by atoms with Gasteiger partial charge in [-0.15, -0.1) is 0 Å². The minimum absolute atomic E-state index is 0.0145. The highest BCUT2D eigenvalue weighted by molar-refractivity contribution is 6.05. The van der Waals surface area contributed by atoms with Crippen molar-refractivity contribution in [3.05, 3.63) is 29.8 Å². The summed E-state index contributed by atoms with van der Waals surface area (Å²) in [7, 11) is 1.54. The zero-order valence-electron chi connectivity index (χ0n) is 18.4. The Hall–Kier alpha value is -2.61. The molecule has 0 bridgehead atoms. The summed E-state index contributed by atoms with van der Waals surface area (Å²) in [5.41, 5.74) is 0.540. The van der Waals surface area contributed by atoms with Gasteiger partial charge in [-0.3, -0.25) is 14.5 Å². The molecule has 0 aromatic heterocycles. The highest BCUT2D eigenvalue weighted by Gasteiger charge is 2.41. The number of nitrogens with one attached hydrogen (secondary N) is 3. The van der Waals surface area contributed by atoms with Gasteiger partial charge in [-0.2, -0.15) is 0 Å². The molecule has 3 N–H and O–H groups in total. The normalized spacial score (nSPS) is 23.2. The predicted molar refractivity (Wildman–Crippen MR) is 113 cm³/mol. The molecule has 2 aliphatic heterocycles. The maximum atomic E-state index is 12.8. The number of carbonyl (C=O) groups excluding carboxylic acids is 3. The third kappa shape index (κ3) is 5.11. The van der Waals surface area contributed by atoms with Crippen LogP contribution in [0.25, 0.3) is 0 Å². The minimum atomic E-state index is -0.852. The first kappa shape index (κ1) is 22.1. The quantitative estimate of drug-likeness (QED) is 0.616. The van der Waals surface area contributed by atoms with Gasteiger partial charge in [0.25, 0.3) is 5.91 Å². The lowest BCUT2D eigenvalue weighted by atomic mass is 9.79. The van der Waals surface area contributed by atoms with Crippen molar-refractivity contribution in [3.63, 3.8) is 0 Å². The van der Waals surface area contributed by atoms with Crippen LogP contribution in [0.5, 0.6) is 5.75 Å². The van der Waals surface area contributed by atoms with Crippen molar-refractivity contribution >= 4 is 17.8 Å². The van der Waals surface area contributed by atoms with Crippen LogP contribution in [0.15, 0.2) is 24.3 Å². The molecule has 8 nitrogen and oxygen atoms in total. The Morgan fingerprint density at radius 1 is 1.17 bits per heavy atom. The third-order valence-electron chi connectivity index (χ3n) is 5.57. The number of methoxy groups -OCH3 is 1. The summed E-state index contributed by atoms with van der Waals surface area (Å²) >= 11 is 0. The fourth-order valence-corrected chi connectivity index (χ4v) is 4.77. The lowest BCUT2D eigenvalue weighted by Crippen LogP contribution is -2.62. The van der Waals surface area contributed by atoms with Crippen LogP contribution in [-0.4, -0.2) is 53.0 Å². The molecule has 0 saturated carbocycles. The number of nitrogens with zero attached hydrogens (tertiary/aromatic N) is 1. The minimum Gasteiger partial charge on any atom is -0.496 e. The Morgan fingerprint density at radius 2 is 1.80 bits per heavy atom. The second-order valence-electron chi connectivity index (χ2n) is 9.51. The fourth-order valence-electron chi connectivity index (χ4n) is 4.77. The van der Waals surface area contributed by atoms with E-state index in [1.807, 2.05) is 12.1 Å². The van der Waals surface area contributed by atoms with Gasteiger partial charge >= 0.3 is 6.03 Å². The second kappa shape index (κ2) is 8.26. The van der Waals surface area contributed by atoms with Crippen molar-refractivity contribution in [1.82, 2.24) is 20.9 Å². The maximum absolute atomic E-state index is 12.8. The van der Waals surface area contributed by atoms with Crippen molar-refractivity contribution < 1.29 is 19.1 Å². The molecular weight excluding hydrogens is 384 g/mol. The number of urea groups is 1. The summed E-state index contributed by atoms with van der Waals surface area (Å²) in [6, 6.07) is 5.90. The summed E-state index contributed by atoms with van der Waals surface area (Å²) in [6.45, 7) is 8.56. The van der Waals surface area contributed by atoms with E-state index in [0.29, 0.717) is 5.75 Å². The largest absolute Gasteiger partial charge is 0.496 e. The Bertz CT molecular complexity index is 820. The molecular formula is C22H32N4O4. The van der Waals surface area contributed by atoms with Gasteiger partial charge in [0.05, 0.1) is 20.1 Å². The van der Waals surface area contributed by atoms with Gasteiger partial charge in [0, 0.05) is 22.7 Å². The summed E-state index contributed by atoms with van der Waals surface area (Å²) in [5.74, 6) is -0.0197. The molecule has 3 rings (SSSR count). The fraction of sp³-hybridized carbons (Fsp3) is 0.591. The van der Waals surface area contributed by atoms with Gasteiger partial charge < -0.3 is 20.7 Å². The first-order valence-corrected chi connectivity index (χ1v) is 10.3. The van der Waals surface area contributed by atoms with E-state index >= 15 is 0 Å². The predicted octanol–water partition coefficient (Wildman–Crippen LogP) is 1.93. The van der Waals surface area contributed by atoms with E-state index in [-0.39, 0.29) is 36.0 Å².